The first-order valence-corrected chi connectivity index (χ1v) is 10.1. The van der Waals surface area contributed by atoms with E-state index in [0.29, 0.717) is 17.9 Å². The molecule has 2 aromatic rings. The molecule has 0 aliphatic carbocycles. The molecule has 1 N–H and O–H groups in total. The fourth-order valence-corrected chi connectivity index (χ4v) is 4.58. The first-order chi connectivity index (χ1) is 13.1. The quantitative estimate of drug-likeness (QED) is 0.796. The molecule has 27 heavy (non-hydrogen) atoms. The van der Waals surface area contributed by atoms with Crippen molar-refractivity contribution in [2.24, 2.45) is 0 Å². The zero-order valence-electron chi connectivity index (χ0n) is 14.2. The van der Waals surface area contributed by atoms with Crippen molar-refractivity contribution in [2.75, 3.05) is 13.2 Å². The van der Waals surface area contributed by atoms with Gasteiger partial charge in [-0.3, -0.25) is 19.3 Å². The highest BCUT2D eigenvalue weighted by Gasteiger charge is 2.36. The second kappa shape index (κ2) is 7.58. The Morgan fingerprint density at radius 3 is 2.93 bits per heavy atom. The highest BCUT2D eigenvalue weighted by Crippen LogP contribution is 2.34. The number of benzene rings is 1. The number of rotatable bonds is 4. The van der Waals surface area contributed by atoms with Crippen molar-refractivity contribution >= 4 is 46.2 Å². The third-order valence-corrected chi connectivity index (χ3v) is 6.01. The van der Waals surface area contributed by atoms with Crippen molar-refractivity contribution in [3.8, 4) is 5.75 Å². The van der Waals surface area contributed by atoms with Crippen molar-refractivity contribution in [1.82, 2.24) is 10.2 Å². The highest BCUT2D eigenvalue weighted by atomic mass is 32.2. The number of nitrogens with one attached hydrogen (secondary N) is 1. The molecule has 0 radical (unpaired) electrons. The van der Waals surface area contributed by atoms with Gasteiger partial charge in [-0.25, -0.2) is 0 Å². The van der Waals surface area contributed by atoms with Crippen LogP contribution in [0.1, 0.15) is 22.9 Å². The Morgan fingerprint density at radius 1 is 1.26 bits per heavy atom. The number of carbonyl (C=O) groups is 3. The van der Waals surface area contributed by atoms with Crippen LogP contribution in [0.4, 0.5) is 4.79 Å². The van der Waals surface area contributed by atoms with Crippen LogP contribution in [0, 0.1) is 0 Å². The van der Waals surface area contributed by atoms with Crippen LogP contribution < -0.4 is 10.1 Å². The van der Waals surface area contributed by atoms with E-state index in [1.54, 1.807) is 6.08 Å². The largest absolute Gasteiger partial charge is 0.493 e. The van der Waals surface area contributed by atoms with Gasteiger partial charge < -0.3 is 10.1 Å². The Balaban J connectivity index is 1.43. The van der Waals surface area contributed by atoms with Gasteiger partial charge >= 0.3 is 0 Å². The van der Waals surface area contributed by atoms with Crippen LogP contribution in [0.15, 0.2) is 46.7 Å². The topological polar surface area (TPSA) is 75.7 Å². The van der Waals surface area contributed by atoms with Crippen molar-refractivity contribution in [3.05, 3.63) is 57.1 Å². The predicted molar refractivity (Wildman–Crippen MR) is 104 cm³/mol. The fraction of sp³-hybridized carbons (Fsp3) is 0.211. The van der Waals surface area contributed by atoms with E-state index in [0.717, 1.165) is 32.9 Å². The lowest BCUT2D eigenvalue weighted by Crippen LogP contribution is -2.41. The number of ether oxygens (including phenoxy) is 1. The van der Waals surface area contributed by atoms with E-state index < -0.39 is 11.1 Å². The Labute approximate surface area is 164 Å². The molecule has 1 aromatic heterocycles. The van der Waals surface area contributed by atoms with Crippen molar-refractivity contribution in [3.63, 3.8) is 0 Å². The van der Waals surface area contributed by atoms with Gasteiger partial charge in [0.2, 0.25) is 5.91 Å². The van der Waals surface area contributed by atoms with Crippen LogP contribution in [-0.4, -0.2) is 35.1 Å². The van der Waals surface area contributed by atoms with Crippen LogP contribution in [0.25, 0.3) is 6.08 Å². The van der Waals surface area contributed by atoms with E-state index in [-0.39, 0.29) is 18.5 Å². The van der Waals surface area contributed by atoms with E-state index in [1.807, 2.05) is 41.8 Å². The van der Waals surface area contributed by atoms with Crippen LogP contribution in [0.5, 0.6) is 5.75 Å². The Morgan fingerprint density at radius 2 is 2.11 bits per heavy atom. The molecule has 2 aliphatic heterocycles. The summed E-state index contributed by atoms with van der Waals surface area (Å²) in [6.45, 7) is 0.221. The van der Waals surface area contributed by atoms with Gasteiger partial charge in [0.1, 0.15) is 12.3 Å². The molecular weight excluding hydrogens is 384 g/mol. The monoisotopic (exact) mass is 400 g/mol. The van der Waals surface area contributed by atoms with Crippen LogP contribution >= 0.6 is 23.1 Å². The molecule has 0 saturated carbocycles. The number of imide groups is 1. The normalized spacial score (nSPS) is 20.5. The fourth-order valence-electron chi connectivity index (χ4n) is 3.01. The minimum atomic E-state index is -0.430. The smallest absolute Gasteiger partial charge is 0.294 e. The molecule has 2 aliphatic rings. The van der Waals surface area contributed by atoms with Gasteiger partial charge in [0.15, 0.2) is 0 Å². The minimum Gasteiger partial charge on any atom is -0.493 e. The van der Waals surface area contributed by atoms with Crippen LogP contribution in [0.3, 0.4) is 0 Å². The zero-order chi connectivity index (χ0) is 18.8. The summed E-state index contributed by atoms with van der Waals surface area (Å²) in [5.41, 5.74) is 0.906. The van der Waals surface area contributed by atoms with E-state index in [1.165, 1.54) is 11.3 Å². The summed E-state index contributed by atoms with van der Waals surface area (Å²) in [6.07, 6.45) is 2.32. The van der Waals surface area contributed by atoms with Crippen LogP contribution in [-0.2, 0) is 9.59 Å². The molecule has 6 nitrogen and oxygen atoms in total. The van der Waals surface area contributed by atoms with Crippen molar-refractivity contribution in [2.45, 2.75) is 12.5 Å². The van der Waals surface area contributed by atoms with Gasteiger partial charge in [0.05, 0.1) is 17.6 Å². The number of hydrogen-bond donors (Lipinski definition) is 1. The lowest BCUT2D eigenvalue weighted by molar-refractivity contribution is -0.129. The van der Waals surface area contributed by atoms with Crippen molar-refractivity contribution < 1.29 is 19.1 Å². The zero-order valence-corrected chi connectivity index (χ0v) is 15.8. The van der Waals surface area contributed by atoms with E-state index >= 15 is 0 Å². The number of amides is 3. The number of para-hydroxylation sites is 1. The molecule has 4 rings (SSSR count). The van der Waals surface area contributed by atoms with E-state index in [9.17, 15) is 14.4 Å². The summed E-state index contributed by atoms with van der Waals surface area (Å²) in [7, 11) is 0. The van der Waals surface area contributed by atoms with E-state index in [4.69, 9.17) is 4.74 Å². The summed E-state index contributed by atoms with van der Waals surface area (Å²) in [5, 5.41) is 4.38. The molecule has 0 bridgehead atoms. The number of fused-ring (bicyclic) bond motifs is 1. The summed E-state index contributed by atoms with van der Waals surface area (Å²) in [5.74, 6) is -0.0450. The first kappa shape index (κ1) is 17.8. The second-order valence-electron chi connectivity index (χ2n) is 6.08. The minimum absolute atomic E-state index is 0.191. The number of thiophene rings is 1. The Kier molecular flexibility index (Phi) is 5.00. The molecule has 1 saturated heterocycles. The number of nitrogens with zero attached hydrogens (tertiary/aromatic N) is 1. The third-order valence-electron chi connectivity index (χ3n) is 4.29. The van der Waals surface area contributed by atoms with E-state index in [2.05, 4.69) is 5.32 Å². The maximum Gasteiger partial charge on any atom is 0.294 e. The van der Waals surface area contributed by atoms with Crippen LogP contribution in [0.2, 0.25) is 0 Å². The van der Waals surface area contributed by atoms with Gasteiger partial charge in [-0.05, 0) is 35.4 Å². The molecule has 138 valence electrons. The Bertz CT molecular complexity index is 924. The van der Waals surface area contributed by atoms with Gasteiger partial charge in [0, 0.05) is 16.9 Å². The predicted octanol–water partition coefficient (Wildman–Crippen LogP) is 3.42. The Hall–Kier alpha value is -2.58. The third kappa shape index (κ3) is 3.77. The van der Waals surface area contributed by atoms with Crippen molar-refractivity contribution in [1.29, 1.82) is 0 Å². The molecule has 0 spiro atoms. The molecule has 0 unspecified atom stereocenters. The summed E-state index contributed by atoms with van der Waals surface area (Å²) < 4.78 is 5.59. The van der Waals surface area contributed by atoms with Gasteiger partial charge in [-0.1, -0.05) is 24.3 Å². The first-order valence-electron chi connectivity index (χ1n) is 8.42. The number of carbonyl (C=O) groups excluding carboxylic acids is 3. The molecule has 8 heteroatoms. The van der Waals surface area contributed by atoms with Gasteiger partial charge in [-0.15, -0.1) is 11.3 Å². The molecule has 1 atom stereocenters. The molecule has 1 aromatic carbocycles. The molecule has 1 fully saturated rings. The van der Waals surface area contributed by atoms with Gasteiger partial charge in [-0.2, -0.15) is 0 Å². The summed E-state index contributed by atoms with van der Waals surface area (Å²) in [6, 6.07) is 11.1. The SMILES string of the molecule is O=C(CN1C(=O)S/C(=C/c2cccs2)C1=O)N[C@H]1CCOc2ccccc21. The molecule has 3 heterocycles. The second-order valence-corrected chi connectivity index (χ2v) is 8.05. The maximum absolute atomic E-state index is 12.5. The average Bonchev–Trinajstić information content (AvgIpc) is 3.26. The summed E-state index contributed by atoms with van der Waals surface area (Å²) >= 11 is 2.34. The highest BCUT2D eigenvalue weighted by molar-refractivity contribution is 8.18. The maximum atomic E-state index is 12.5. The number of thioether (sulfide) groups is 1. The lowest BCUT2D eigenvalue weighted by Gasteiger charge is -2.27. The van der Waals surface area contributed by atoms with Gasteiger partial charge in [0.25, 0.3) is 11.1 Å². The standard InChI is InChI=1S/C19H16N2O4S2/c22-17(20-14-7-8-25-15-6-2-1-5-13(14)15)11-21-18(23)16(27-19(21)24)10-12-4-3-9-26-12/h1-6,9-10,14H,7-8,11H2,(H,20,22)/b16-10+/t14-/m0/s1. The lowest BCUT2D eigenvalue weighted by atomic mass is 10.0. The summed E-state index contributed by atoms with van der Waals surface area (Å²) in [4.78, 5) is 39.4. The molecule has 3 amide bonds. The number of hydrogen-bond acceptors (Lipinski definition) is 6. The molecular formula is C19H16N2O4S2. The average molecular weight is 400 g/mol.